The lowest BCUT2D eigenvalue weighted by molar-refractivity contribution is -0.826. The molecule has 0 spiro atoms. The number of hydroxylamine groups is 2. The molecule has 0 aromatic rings. The lowest BCUT2D eigenvalue weighted by Crippen LogP contribution is -3.03. The molecule has 0 aromatic carbocycles. The molecule has 0 aromatic heterocycles. The molecule has 4 heteroatoms. The average Bonchev–Trinajstić information content (AvgIpc) is 2.45. The molecule has 0 aliphatic carbocycles. The zero-order chi connectivity index (χ0) is 15.8. The Labute approximate surface area is 131 Å². The minimum Gasteiger partial charge on any atom is -0.634 e. The van der Waals surface area contributed by atoms with Crippen molar-refractivity contribution in [1.82, 2.24) is 0 Å². The van der Waals surface area contributed by atoms with Gasteiger partial charge < -0.3 is 19.7 Å². The third-order valence-electron chi connectivity index (χ3n) is 3.57. The quantitative estimate of drug-likeness (QED) is 0.270. The minimum atomic E-state index is -0.118. The molecule has 0 saturated heterocycles. The van der Waals surface area contributed by atoms with Gasteiger partial charge in [-0.15, -0.1) is 0 Å². The predicted molar refractivity (Wildman–Crippen MR) is 88.3 cm³/mol. The van der Waals surface area contributed by atoms with Gasteiger partial charge in [0.25, 0.3) is 0 Å². The maximum atomic E-state index is 11.0. The summed E-state index contributed by atoms with van der Waals surface area (Å²) in [7, 11) is 1.65. The van der Waals surface area contributed by atoms with Gasteiger partial charge in [0, 0.05) is 26.1 Å². The summed E-state index contributed by atoms with van der Waals surface area (Å²) in [5.41, 5.74) is 0. The van der Waals surface area contributed by atoms with E-state index in [1.54, 1.807) is 7.05 Å². The van der Waals surface area contributed by atoms with E-state index >= 15 is 0 Å². The third kappa shape index (κ3) is 16.0. The monoisotopic (exact) mass is 303 g/mol. The predicted octanol–water partition coefficient (Wildman–Crippen LogP) is 3.30. The second-order valence-electron chi connectivity index (χ2n) is 5.89. The summed E-state index contributed by atoms with van der Waals surface area (Å²) in [5, 5.41) is 11.3. The first-order valence-corrected chi connectivity index (χ1v) is 8.93. The Kier molecular flexibility index (Phi) is 16.1. The van der Waals surface area contributed by atoms with Crippen LogP contribution in [0.3, 0.4) is 0 Å². The summed E-state index contributed by atoms with van der Waals surface area (Å²) in [6.45, 7) is 6.62. The van der Waals surface area contributed by atoms with Crippen molar-refractivity contribution in [2.45, 2.75) is 84.3 Å². The van der Waals surface area contributed by atoms with Crippen LogP contribution in [0, 0.1) is 5.21 Å². The molecule has 1 atom stereocenters. The van der Waals surface area contributed by atoms with Crippen LogP contribution >= 0.6 is 0 Å². The molecular weight excluding hydrogens is 266 g/mol. The van der Waals surface area contributed by atoms with Crippen LogP contribution in [0.15, 0.2) is 0 Å². The summed E-state index contributed by atoms with van der Waals surface area (Å²) < 4.78 is 11.7. The first kappa shape index (κ1) is 20.8. The average molecular weight is 303 g/mol. The summed E-state index contributed by atoms with van der Waals surface area (Å²) in [6.07, 6.45) is 11.3. The van der Waals surface area contributed by atoms with Crippen molar-refractivity contribution in [3.63, 3.8) is 0 Å². The number of quaternary nitrogens is 1. The van der Waals surface area contributed by atoms with Crippen molar-refractivity contribution in [3.8, 4) is 0 Å². The van der Waals surface area contributed by atoms with Gasteiger partial charge in [-0.2, -0.15) is 0 Å². The largest absolute Gasteiger partial charge is 0.634 e. The highest BCUT2D eigenvalue weighted by Gasteiger charge is 2.09. The van der Waals surface area contributed by atoms with Crippen LogP contribution in [-0.4, -0.2) is 33.1 Å². The molecule has 1 unspecified atom stereocenters. The number of hydrogen-bond donors (Lipinski definition) is 1. The first-order valence-electron chi connectivity index (χ1n) is 8.93. The molecule has 0 bridgehead atoms. The summed E-state index contributed by atoms with van der Waals surface area (Å²) in [4.78, 5) is 0. The van der Waals surface area contributed by atoms with E-state index in [1.807, 2.05) is 0 Å². The zero-order valence-electron chi connectivity index (χ0n) is 14.5. The maximum Gasteiger partial charge on any atom is 0.157 e. The van der Waals surface area contributed by atoms with Gasteiger partial charge in [0.1, 0.15) is 0 Å². The fourth-order valence-corrected chi connectivity index (χ4v) is 2.22. The summed E-state index contributed by atoms with van der Waals surface area (Å²) in [5.74, 6) is 0. The molecule has 0 saturated carbocycles. The lowest BCUT2D eigenvalue weighted by atomic mass is 10.2. The van der Waals surface area contributed by atoms with E-state index in [0.29, 0.717) is 6.54 Å². The smallest absolute Gasteiger partial charge is 0.157 e. The van der Waals surface area contributed by atoms with Crippen LogP contribution in [-0.2, 0) is 9.47 Å². The van der Waals surface area contributed by atoms with E-state index in [0.717, 1.165) is 38.9 Å². The van der Waals surface area contributed by atoms with Gasteiger partial charge in [-0.3, -0.25) is 0 Å². The highest BCUT2D eigenvalue weighted by molar-refractivity contribution is 4.49. The maximum absolute atomic E-state index is 11.0. The molecule has 0 radical (unpaired) electrons. The minimum absolute atomic E-state index is 0.118. The normalized spacial score (nSPS) is 13.0. The SMILES string of the molecule is CCCCCCOC(CCC[NH+](C)[O-])OCCCCCC. The Morgan fingerprint density at radius 2 is 1.33 bits per heavy atom. The molecule has 0 heterocycles. The highest BCUT2D eigenvalue weighted by Crippen LogP contribution is 2.08. The van der Waals surface area contributed by atoms with Gasteiger partial charge >= 0.3 is 0 Å². The number of nitrogens with one attached hydrogen (secondary N) is 1. The number of rotatable bonds is 16. The lowest BCUT2D eigenvalue weighted by Gasteiger charge is -2.21. The number of hydrogen-bond acceptors (Lipinski definition) is 3. The molecule has 4 nitrogen and oxygen atoms in total. The van der Waals surface area contributed by atoms with Crippen molar-refractivity contribution in [2.24, 2.45) is 0 Å². The van der Waals surface area contributed by atoms with E-state index in [2.05, 4.69) is 13.8 Å². The second-order valence-corrected chi connectivity index (χ2v) is 5.89. The fraction of sp³-hybridized carbons (Fsp3) is 1.00. The molecular formula is C17H37NO3. The van der Waals surface area contributed by atoms with E-state index in [1.165, 1.54) is 38.5 Å². The molecule has 0 aliphatic heterocycles. The number of unbranched alkanes of at least 4 members (excludes halogenated alkanes) is 6. The fourth-order valence-electron chi connectivity index (χ4n) is 2.22. The molecule has 21 heavy (non-hydrogen) atoms. The van der Waals surface area contributed by atoms with Gasteiger partial charge in [-0.1, -0.05) is 52.4 Å². The third-order valence-corrected chi connectivity index (χ3v) is 3.57. The van der Waals surface area contributed by atoms with Crippen LogP contribution in [0.1, 0.15) is 78.1 Å². The zero-order valence-corrected chi connectivity index (χ0v) is 14.5. The van der Waals surface area contributed by atoms with Gasteiger partial charge in [0.2, 0.25) is 0 Å². The van der Waals surface area contributed by atoms with Gasteiger partial charge in [-0.25, -0.2) is 0 Å². The topological polar surface area (TPSA) is 46.0 Å². The van der Waals surface area contributed by atoms with Gasteiger partial charge in [0.05, 0.1) is 13.6 Å². The van der Waals surface area contributed by atoms with Crippen molar-refractivity contribution in [1.29, 1.82) is 0 Å². The van der Waals surface area contributed by atoms with E-state index in [9.17, 15) is 5.21 Å². The molecule has 0 rings (SSSR count). The Morgan fingerprint density at radius 3 is 1.76 bits per heavy atom. The standard InChI is InChI=1S/C17H37NO3/c1-4-6-8-10-15-20-17(13-12-14-18(3)19)21-16-11-9-7-5-2/h17-18H,4-16H2,1-3H3. The van der Waals surface area contributed by atoms with Crippen molar-refractivity contribution in [2.75, 3.05) is 26.8 Å². The summed E-state index contributed by atoms with van der Waals surface area (Å²) >= 11 is 0. The van der Waals surface area contributed by atoms with Crippen LogP contribution in [0.2, 0.25) is 0 Å². The van der Waals surface area contributed by atoms with Crippen molar-refractivity contribution < 1.29 is 14.5 Å². The Morgan fingerprint density at radius 1 is 0.810 bits per heavy atom. The van der Waals surface area contributed by atoms with E-state index in [-0.39, 0.29) is 11.4 Å². The summed E-state index contributed by atoms with van der Waals surface area (Å²) in [6, 6.07) is 0. The Balaban J connectivity index is 3.74. The van der Waals surface area contributed by atoms with Crippen LogP contribution < -0.4 is 5.06 Å². The first-order chi connectivity index (χ1) is 10.2. The second kappa shape index (κ2) is 16.2. The van der Waals surface area contributed by atoms with Gasteiger partial charge in [0.15, 0.2) is 6.29 Å². The van der Waals surface area contributed by atoms with Crippen LogP contribution in [0.25, 0.3) is 0 Å². The molecule has 0 amide bonds. The Hall–Kier alpha value is -0.160. The van der Waals surface area contributed by atoms with Crippen molar-refractivity contribution in [3.05, 3.63) is 5.21 Å². The molecule has 128 valence electrons. The van der Waals surface area contributed by atoms with E-state index in [4.69, 9.17) is 9.47 Å². The molecule has 1 N–H and O–H groups in total. The van der Waals surface area contributed by atoms with Crippen molar-refractivity contribution >= 4 is 0 Å². The Bertz CT molecular complexity index is 186. The number of ether oxygens (including phenoxy) is 2. The molecule has 0 fully saturated rings. The van der Waals surface area contributed by atoms with Crippen LogP contribution in [0.5, 0.6) is 0 Å². The van der Waals surface area contributed by atoms with E-state index < -0.39 is 0 Å². The highest BCUT2D eigenvalue weighted by atomic mass is 16.7. The van der Waals surface area contributed by atoms with Crippen LogP contribution in [0.4, 0.5) is 0 Å². The molecule has 0 aliphatic rings. The van der Waals surface area contributed by atoms with Gasteiger partial charge in [-0.05, 0) is 12.8 Å².